The zero-order valence-electron chi connectivity index (χ0n) is 20.1. The molecule has 0 spiro atoms. The van der Waals surface area contributed by atoms with E-state index in [4.69, 9.17) is 14.0 Å². The average molecular weight is 500 g/mol. The molecule has 0 saturated carbocycles. The molecule has 0 aliphatic carbocycles. The normalized spacial score (nSPS) is 12.7. The van der Waals surface area contributed by atoms with E-state index < -0.39 is 7.37 Å². The summed E-state index contributed by atoms with van der Waals surface area (Å²) in [7, 11) is -3.07. The topological polar surface area (TPSA) is 97.3 Å². The van der Waals surface area contributed by atoms with Crippen molar-refractivity contribution in [3.63, 3.8) is 0 Å². The van der Waals surface area contributed by atoms with Gasteiger partial charge in [0.2, 0.25) is 0 Å². The van der Waals surface area contributed by atoms with E-state index in [1.807, 2.05) is 61.5 Å². The fourth-order valence-corrected chi connectivity index (χ4v) is 5.22. The number of benzene rings is 3. The van der Waals surface area contributed by atoms with Crippen LogP contribution in [0.15, 0.2) is 72.8 Å². The molecule has 1 unspecified atom stereocenters. The lowest BCUT2D eigenvalue weighted by Gasteiger charge is -2.18. The number of hydrogen-bond donors (Lipinski definition) is 3. The number of ether oxygens (including phenoxy) is 2. The molecule has 7 nitrogen and oxygen atoms in total. The summed E-state index contributed by atoms with van der Waals surface area (Å²) in [5.74, 6) is 1.36. The molecule has 0 aromatic heterocycles. The number of phenols is 1. The van der Waals surface area contributed by atoms with Gasteiger partial charge in [-0.1, -0.05) is 30.3 Å². The van der Waals surface area contributed by atoms with Gasteiger partial charge in [-0.2, -0.15) is 0 Å². The van der Waals surface area contributed by atoms with Crippen LogP contribution in [0.2, 0.25) is 0 Å². The van der Waals surface area contributed by atoms with E-state index in [1.54, 1.807) is 12.1 Å². The predicted molar refractivity (Wildman–Crippen MR) is 138 cm³/mol. The third-order valence-corrected chi connectivity index (χ3v) is 7.62. The number of hydrogen-bond acceptors (Lipinski definition) is 7. The van der Waals surface area contributed by atoms with Crippen molar-refractivity contribution in [3.8, 4) is 17.2 Å². The molecular formula is C27H34NO6P. The number of nitrogens with one attached hydrogen (secondary N) is 1. The molecular weight excluding hydrogens is 465 g/mol. The predicted octanol–water partition coefficient (Wildman–Crippen LogP) is 4.46. The maximum Gasteiger partial charge on any atom is 0.268 e. The first-order valence-electron chi connectivity index (χ1n) is 11.8. The van der Waals surface area contributed by atoms with Crippen molar-refractivity contribution in [2.45, 2.75) is 26.4 Å². The summed E-state index contributed by atoms with van der Waals surface area (Å²) in [6, 6.07) is 21.9. The fourth-order valence-electron chi connectivity index (χ4n) is 3.49. The first-order chi connectivity index (χ1) is 17.0. The van der Waals surface area contributed by atoms with Crippen LogP contribution < -0.4 is 20.1 Å². The Balaban J connectivity index is 1.35. The lowest BCUT2D eigenvalue weighted by atomic mass is 10.1. The summed E-state index contributed by atoms with van der Waals surface area (Å²) in [4.78, 5) is 0. The summed E-state index contributed by atoms with van der Waals surface area (Å²) in [6.07, 6.45) is 1.71. The van der Waals surface area contributed by atoms with Crippen LogP contribution in [0.3, 0.4) is 0 Å². The van der Waals surface area contributed by atoms with Crippen molar-refractivity contribution in [3.05, 3.63) is 83.9 Å². The van der Waals surface area contributed by atoms with Crippen LogP contribution in [0.4, 0.5) is 0 Å². The summed E-state index contributed by atoms with van der Waals surface area (Å²) in [5, 5.41) is 22.8. The standard InChI is InChI=1S/C27H34NO6P/c1-2-34-35(31,26-7-4-3-5-8-26)21-33-24-11-9-22(10-12-24)15-17-28-16-6-18-32-25-13-14-27(30)23(19-25)20-29/h3-5,7-14,19,28-30H,2,6,15-18,20-21H2,1H3. The number of aliphatic hydroxyl groups excluding tert-OH is 1. The molecule has 1 atom stereocenters. The van der Waals surface area contributed by atoms with Gasteiger partial charge in [-0.05, 0) is 80.9 Å². The van der Waals surface area contributed by atoms with Crippen LogP contribution in [0.5, 0.6) is 17.2 Å². The first kappa shape index (κ1) is 26.8. The number of aliphatic hydroxyl groups is 1. The van der Waals surface area contributed by atoms with Crippen molar-refractivity contribution < 1.29 is 28.8 Å². The third-order valence-electron chi connectivity index (χ3n) is 5.39. The molecule has 3 N–H and O–H groups in total. The van der Waals surface area contributed by atoms with Gasteiger partial charge in [0, 0.05) is 10.9 Å². The Kier molecular flexibility index (Phi) is 10.6. The van der Waals surface area contributed by atoms with Gasteiger partial charge in [-0.3, -0.25) is 4.57 Å². The van der Waals surface area contributed by atoms with Gasteiger partial charge >= 0.3 is 0 Å². The van der Waals surface area contributed by atoms with Crippen LogP contribution >= 0.6 is 7.37 Å². The summed E-state index contributed by atoms with van der Waals surface area (Å²) in [5.41, 5.74) is 1.63. The van der Waals surface area contributed by atoms with Crippen LogP contribution in [0, 0.1) is 0 Å². The zero-order chi connectivity index (χ0) is 24.9. The molecule has 0 heterocycles. The van der Waals surface area contributed by atoms with Crippen molar-refractivity contribution in [1.29, 1.82) is 0 Å². The molecule has 3 aromatic carbocycles. The molecule has 0 radical (unpaired) electrons. The van der Waals surface area contributed by atoms with Crippen LogP contribution in [-0.2, 0) is 22.1 Å². The summed E-state index contributed by atoms with van der Waals surface area (Å²) >= 11 is 0. The highest BCUT2D eigenvalue weighted by Crippen LogP contribution is 2.45. The van der Waals surface area contributed by atoms with Gasteiger partial charge in [0.25, 0.3) is 7.37 Å². The minimum absolute atomic E-state index is 0.000711. The van der Waals surface area contributed by atoms with Crippen molar-refractivity contribution >= 4 is 12.7 Å². The molecule has 3 rings (SSSR count). The average Bonchev–Trinajstić information content (AvgIpc) is 2.89. The Labute approximate surface area is 207 Å². The molecule has 35 heavy (non-hydrogen) atoms. The Hall–Kier alpha value is -2.83. The van der Waals surface area contributed by atoms with Gasteiger partial charge in [0.05, 0.1) is 19.8 Å². The van der Waals surface area contributed by atoms with Crippen LogP contribution in [0.1, 0.15) is 24.5 Å². The second-order valence-electron chi connectivity index (χ2n) is 7.99. The van der Waals surface area contributed by atoms with Crippen molar-refractivity contribution in [2.75, 3.05) is 32.7 Å². The molecule has 0 saturated heterocycles. The smallest absolute Gasteiger partial charge is 0.268 e. The largest absolute Gasteiger partial charge is 0.508 e. The Morgan fingerprint density at radius 3 is 2.37 bits per heavy atom. The Morgan fingerprint density at radius 1 is 0.914 bits per heavy atom. The third kappa shape index (κ3) is 8.41. The van der Waals surface area contributed by atoms with E-state index in [-0.39, 0.29) is 18.7 Å². The second kappa shape index (κ2) is 13.9. The second-order valence-corrected chi connectivity index (χ2v) is 10.4. The molecule has 0 aliphatic rings. The van der Waals surface area contributed by atoms with E-state index in [9.17, 15) is 14.8 Å². The van der Waals surface area contributed by atoms with Gasteiger partial charge in [0.1, 0.15) is 17.2 Å². The monoisotopic (exact) mass is 499 g/mol. The van der Waals surface area contributed by atoms with E-state index in [0.717, 1.165) is 25.9 Å². The SMILES string of the molecule is CCOP(=O)(COc1ccc(CCNCCCOc2ccc(O)c(CO)c2)cc1)c1ccccc1. The molecule has 0 amide bonds. The maximum absolute atomic E-state index is 13.2. The molecule has 8 heteroatoms. The van der Waals surface area contributed by atoms with Gasteiger partial charge < -0.3 is 29.5 Å². The minimum atomic E-state index is -3.07. The highest BCUT2D eigenvalue weighted by atomic mass is 31.2. The molecule has 188 valence electrons. The van der Waals surface area contributed by atoms with E-state index in [1.165, 1.54) is 11.6 Å². The molecule has 0 aliphatic heterocycles. The fraction of sp³-hybridized carbons (Fsp3) is 0.333. The number of aromatic hydroxyl groups is 1. The molecule has 0 fully saturated rings. The Bertz CT molecular complexity index is 1070. The highest BCUT2D eigenvalue weighted by molar-refractivity contribution is 7.66. The summed E-state index contributed by atoms with van der Waals surface area (Å²) < 4.78 is 30.3. The molecule has 3 aromatic rings. The van der Waals surface area contributed by atoms with Gasteiger partial charge in [0.15, 0.2) is 6.35 Å². The van der Waals surface area contributed by atoms with Crippen LogP contribution in [0.25, 0.3) is 0 Å². The van der Waals surface area contributed by atoms with Crippen LogP contribution in [-0.4, -0.2) is 42.9 Å². The van der Waals surface area contributed by atoms with Crippen molar-refractivity contribution in [2.24, 2.45) is 0 Å². The summed E-state index contributed by atoms with van der Waals surface area (Å²) in [6.45, 7) is 4.16. The highest BCUT2D eigenvalue weighted by Gasteiger charge is 2.26. The van der Waals surface area contributed by atoms with Crippen molar-refractivity contribution in [1.82, 2.24) is 5.32 Å². The Morgan fingerprint density at radius 2 is 1.66 bits per heavy atom. The lowest BCUT2D eigenvalue weighted by Crippen LogP contribution is -2.20. The quantitative estimate of drug-likeness (QED) is 0.210. The number of rotatable bonds is 15. The van der Waals surface area contributed by atoms with E-state index >= 15 is 0 Å². The van der Waals surface area contributed by atoms with E-state index in [2.05, 4.69) is 5.32 Å². The van der Waals surface area contributed by atoms with Gasteiger partial charge in [-0.15, -0.1) is 0 Å². The van der Waals surface area contributed by atoms with Gasteiger partial charge in [-0.25, -0.2) is 0 Å². The minimum Gasteiger partial charge on any atom is -0.508 e. The van der Waals surface area contributed by atoms with E-state index in [0.29, 0.717) is 35.6 Å². The zero-order valence-corrected chi connectivity index (χ0v) is 21.0. The maximum atomic E-state index is 13.2. The lowest BCUT2D eigenvalue weighted by molar-refractivity contribution is 0.272. The molecule has 0 bridgehead atoms. The first-order valence-corrected chi connectivity index (χ1v) is 13.6.